The van der Waals surface area contributed by atoms with Gasteiger partial charge in [0, 0.05) is 39.8 Å². The van der Waals surface area contributed by atoms with Crippen LogP contribution in [0.4, 0.5) is 11.6 Å². The van der Waals surface area contributed by atoms with Crippen LogP contribution in [0.15, 0.2) is 41.6 Å². The van der Waals surface area contributed by atoms with E-state index >= 15 is 0 Å². The predicted octanol–water partition coefficient (Wildman–Crippen LogP) is 1.94. The van der Waals surface area contributed by atoms with E-state index in [4.69, 9.17) is 0 Å². The molecule has 0 atom stereocenters. The van der Waals surface area contributed by atoms with Crippen molar-refractivity contribution in [3.8, 4) is 0 Å². The lowest BCUT2D eigenvalue weighted by Gasteiger charge is -2.17. The topological polar surface area (TPSA) is 78.4 Å². The maximum atomic E-state index is 12.5. The van der Waals surface area contributed by atoms with Gasteiger partial charge >= 0.3 is 0 Å². The van der Waals surface area contributed by atoms with Crippen molar-refractivity contribution in [3.05, 3.63) is 42.2 Å². The first-order chi connectivity index (χ1) is 12.0. The fraction of sp³-hybridized carbons (Fsp3) is 0.412. The third kappa shape index (κ3) is 3.91. The molecule has 0 saturated carbocycles. The van der Waals surface area contributed by atoms with Crippen LogP contribution in [0.5, 0.6) is 0 Å². The number of hydrogen-bond donors (Lipinski definition) is 1. The molecule has 1 N–H and O–H groups in total. The first-order valence-electron chi connectivity index (χ1n) is 8.30. The average Bonchev–Trinajstić information content (AvgIpc) is 3.15. The zero-order valence-corrected chi connectivity index (χ0v) is 15.3. The van der Waals surface area contributed by atoms with Gasteiger partial charge in [0.05, 0.1) is 4.90 Å². The standard InChI is InChI=1S/C17H23N5O2S/c1-21(2)25(23,24)15-8-4-3-7-14(15)12-18-16-11-17(20-13-19-16)22-9-5-6-10-22/h3-4,7-8,11,13H,5-6,9-10,12H2,1-2H3,(H,18,19,20). The third-order valence-electron chi connectivity index (χ3n) is 4.27. The van der Waals surface area contributed by atoms with E-state index in [0.717, 1.165) is 18.9 Å². The Morgan fingerprint density at radius 1 is 1.16 bits per heavy atom. The van der Waals surface area contributed by atoms with E-state index in [1.165, 1.54) is 31.2 Å². The number of nitrogens with zero attached hydrogens (tertiary/aromatic N) is 4. The van der Waals surface area contributed by atoms with Crippen LogP contribution in [-0.4, -0.2) is 49.9 Å². The fourth-order valence-corrected chi connectivity index (χ4v) is 3.96. The highest BCUT2D eigenvalue weighted by molar-refractivity contribution is 7.89. The lowest BCUT2D eigenvalue weighted by molar-refractivity contribution is 0.520. The molecule has 1 saturated heterocycles. The molecular weight excluding hydrogens is 338 g/mol. The van der Waals surface area contributed by atoms with Gasteiger partial charge in [0.2, 0.25) is 10.0 Å². The van der Waals surface area contributed by atoms with E-state index in [0.29, 0.717) is 22.8 Å². The number of aromatic nitrogens is 2. The van der Waals surface area contributed by atoms with E-state index in [2.05, 4.69) is 20.2 Å². The average molecular weight is 361 g/mol. The lowest BCUT2D eigenvalue weighted by Crippen LogP contribution is -2.24. The van der Waals surface area contributed by atoms with Crippen LogP contribution in [-0.2, 0) is 16.6 Å². The van der Waals surface area contributed by atoms with E-state index < -0.39 is 10.0 Å². The summed E-state index contributed by atoms with van der Waals surface area (Å²) in [6, 6.07) is 8.92. The van der Waals surface area contributed by atoms with Crippen molar-refractivity contribution in [2.24, 2.45) is 0 Å². The van der Waals surface area contributed by atoms with Gasteiger partial charge in [-0.15, -0.1) is 0 Å². The summed E-state index contributed by atoms with van der Waals surface area (Å²) < 4.78 is 26.1. The molecule has 1 fully saturated rings. The van der Waals surface area contributed by atoms with Gasteiger partial charge in [-0.2, -0.15) is 0 Å². The van der Waals surface area contributed by atoms with Crippen LogP contribution >= 0.6 is 0 Å². The van der Waals surface area contributed by atoms with Gasteiger partial charge in [0.25, 0.3) is 0 Å². The van der Waals surface area contributed by atoms with Crippen LogP contribution < -0.4 is 10.2 Å². The smallest absolute Gasteiger partial charge is 0.242 e. The Balaban J connectivity index is 1.78. The molecular formula is C17H23N5O2S. The molecule has 0 amide bonds. The molecule has 0 radical (unpaired) electrons. The molecule has 1 aliphatic rings. The van der Waals surface area contributed by atoms with Crippen molar-refractivity contribution in [1.82, 2.24) is 14.3 Å². The first-order valence-corrected chi connectivity index (χ1v) is 9.74. The zero-order valence-electron chi connectivity index (χ0n) is 14.5. The molecule has 0 spiro atoms. The predicted molar refractivity (Wildman–Crippen MR) is 98.1 cm³/mol. The van der Waals surface area contributed by atoms with Crippen LogP contribution in [0, 0.1) is 0 Å². The van der Waals surface area contributed by atoms with Gasteiger partial charge in [-0.05, 0) is 24.5 Å². The Bertz CT molecular complexity index is 832. The first kappa shape index (κ1) is 17.6. The molecule has 1 aromatic carbocycles. The highest BCUT2D eigenvalue weighted by Crippen LogP contribution is 2.22. The Morgan fingerprint density at radius 3 is 2.60 bits per heavy atom. The second kappa shape index (κ2) is 7.37. The molecule has 8 heteroatoms. The quantitative estimate of drug-likeness (QED) is 0.847. The maximum absolute atomic E-state index is 12.5. The van der Waals surface area contributed by atoms with E-state index in [-0.39, 0.29) is 0 Å². The summed E-state index contributed by atoms with van der Waals surface area (Å²) in [5, 5.41) is 3.22. The molecule has 0 aliphatic carbocycles. The van der Waals surface area contributed by atoms with Crippen molar-refractivity contribution >= 4 is 21.7 Å². The highest BCUT2D eigenvalue weighted by atomic mass is 32.2. The maximum Gasteiger partial charge on any atom is 0.242 e. The summed E-state index contributed by atoms with van der Waals surface area (Å²) in [4.78, 5) is 11.1. The van der Waals surface area contributed by atoms with Gasteiger partial charge < -0.3 is 10.2 Å². The molecule has 2 heterocycles. The van der Waals surface area contributed by atoms with E-state index in [9.17, 15) is 8.42 Å². The summed E-state index contributed by atoms with van der Waals surface area (Å²) in [6.07, 6.45) is 3.91. The van der Waals surface area contributed by atoms with E-state index in [1.54, 1.807) is 18.5 Å². The third-order valence-corrected chi connectivity index (χ3v) is 6.19. The van der Waals surface area contributed by atoms with Crippen LogP contribution in [0.25, 0.3) is 0 Å². The molecule has 1 aliphatic heterocycles. The summed E-state index contributed by atoms with van der Waals surface area (Å²) in [5.41, 5.74) is 0.706. The second-order valence-electron chi connectivity index (χ2n) is 6.20. The minimum atomic E-state index is -3.48. The van der Waals surface area contributed by atoms with Gasteiger partial charge in [-0.3, -0.25) is 0 Å². The number of nitrogens with one attached hydrogen (secondary N) is 1. The summed E-state index contributed by atoms with van der Waals surface area (Å²) in [7, 11) is -0.413. The highest BCUT2D eigenvalue weighted by Gasteiger charge is 2.20. The molecule has 134 valence electrons. The van der Waals surface area contributed by atoms with Crippen molar-refractivity contribution in [2.75, 3.05) is 37.4 Å². The van der Waals surface area contributed by atoms with Crippen LogP contribution in [0.1, 0.15) is 18.4 Å². The number of benzene rings is 1. The Labute approximate surface area is 148 Å². The Kier molecular flexibility index (Phi) is 5.19. The molecule has 7 nitrogen and oxygen atoms in total. The van der Waals surface area contributed by atoms with Crippen molar-refractivity contribution in [1.29, 1.82) is 0 Å². The number of hydrogen-bond acceptors (Lipinski definition) is 6. The fourth-order valence-electron chi connectivity index (χ4n) is 2.85. The van der Waals surface area contributed by atoms with Gasteiger partial charge in [-0.25, -0.2) is 22.7 Å². The minimum Gasteiger partial charge on any atom is -0.366 e. The Hall–Kier alpha value is -2.19. The lowest BCUT2D eigenvalue weighted by atomic mass is 10.2. The normalized spacial score (nSPS) is 14.9. The molecule has 1 aromatic heterocycles. The molecule has 0 unspecified atom stereocenters. The number of sulfonamides is 1. The van der Waals surface area contributed by atoms with Crippen molar-refractivity contribution in [3.63, 3.8) is 0 Å². The molecule has 3 rings (SSSR count). The largest absolute Gasteiger partial charge is 0.366 e. The molecule has 2 aromatic rings. The number of anilines is 2. The minimum absolute atomic E-state index is 0.307. The SMILES string of the molecule is CN(C)S(=O)(=O)c1ccccc1CNc1cc(N2CCCC2)ncn1. The van der Waals surface area contributed by atoms with Crippen molar-refractivity contribution < 1.29 is 8.42 Å². The van der Waals surface area contributed by atoms with Crippen LogP contribution in [0.3, 0.4) is 0 Å². The summed E-state index contributed by atoms with van der Waals surface area (Å²) >= 11 is 0. The molecule has 25 heavy (non-hydrogen) atoms. The number of rotatable bonds is 6. The van der Waals surface area contributed by atoms with Gasteiger partial charge in [0.1, 0.15) is 18.0 Å². The molecule has 0 bridgehead atoms. The van der Waals surface area contributed by atoms with Gasteiger partial charge in [0.15, 0.2) is 0 Å². The second-order valence-corrected chi connectivity index (χ2v) is 8.32. The summed E-state index contributed by atoms with van der Waals surface area (Å²) in [5.74, 6) is 1.60. The van der Waals surface area contributed by atoms with Gasteiger partial charge in [-0.1, -0.05) is 18.2 Å². The monoisotopic (exact) mass is 361 g/mol. The van der Waals surface area contributed by atoms with Crippen LogP contribution in [0.2, 0.25) is 0 Å². The summed E-state index contributed by atoms with van der Waals surface area (Å²) in [6.45, 7) is 2.40. The Morgan fingerprint density at radius 2 is 1.88 bits per heavy atom. The zero-order chi connectivity index (χ0) is 17.9. The van der Waals surface area contributed by atoms with E-state index in [1.807, 2.05) is 18.2 Å². The van der Waals surface area contributed by atoms with Crippen molar-refractivity contribution in [2.45, 2.75) is 24.3 Å².